The smallest absolute Gasteiger partial charge is 0.258 e. The summed E-state index contributed by atoms with van der Waals surface area (Å²) in [5, 5.41) is 10.5. The van der Waals surface area contributed by atoms with Crippen molar-refractivity contribution in [3.63, 3.8) is 0 Å². The Kier molecular flexibility index (Phi) is 6.26. The fraction of sp³-hybridized carbons (Fsp3) is 0.308. The predicted octanol–water partition coefficient (Wildman–Crippen LogP) is 3.04. The molecular weight excluding hydrogens is 402 g/mol. The fourth-order valence-corrected chi connectivity index (χ4v) is 3.70. The molecular formula is C26H30N3O3+. The number of quaternary nitrogens is 1. The van der Waals surface area contributed by atoms with Gasteiger partial charge in [-0.3, -0.25) is 9.36 Å². The van der Waals surface area contributed by atoms with Crippen LogP contribution in [0.5, 0.6) is 5.75 Å². The van der Waals surface area contributed by atoms with Gasteiger partial charge in [0.1, 0.15) is 18.1 Å². The van der Waals surface area contributed by atoms with Crippen LogP contribution in [0.25, 0.3) is 5.70 Å². The van der Waals surface area contributed by atoms with Crippen LogP contribution >= 0.6 is 0 Å². The minimum Gasteiger partial charge on any atom is -0.489 e. The predicted molar refractivity (Wildman–Crippen MR) is 126 cm³/mol. The Labute approximate surface area is 188 Å². The topological polar surface area (TPSA) is 80.9 Å². The molecule has 0 unspecified atom stereocenters. The summed E-state index contributed by atoms with van der Waals surface area (Å²) in [6.45, 7) is 9.15. The van der Waals surface area contributed by atoms with Gasteiger partial charge in [0.25, 0.3) is 5.56 Å². The van der Waals surface area contributed by atoms with Crippen molar-refractivity contribution < 1.29 is 14.8 Å². The van der Waals surface area contributed by atoms with Gasteiger partial charge in [-0.25, -0.2) is 0 Å². The Hall–Kier alpha value is -3.22. The van der Waals surface area contributed by atoms with Crippen molar-refractivity contribution >= 4 is 11.4 Å². The minimum atomic E-state index is -0.171. The normalized spacial score (nSPS) is 18.7. The van der Waals surface area contributed by atoms with Gasteiger partial charge >= 0.3 is 0 Å². The number of benzene rings is 1. The number of rotatable bonds is 7. The molecule has 0 amide bonds. The Bertz CT molecular complexity index is 1170. The van der Waals surface area contributed by atoms with E-state index in [1.54, 1.807) is 29.0 Å². The number of ether oxygens (including phenoxy) is 2. The van der Waals surface area contributed by atoms with E-state index in [2.05, 4.69) is 12.2 Å². The second kappa shape index (κ2) is 9.10. The number of aryl methyl sites for hydroxylation is 1. The third kappa shape index (κ3) is 4.98. The molecule has 1 fully saturated rings. The van der Waals surface area contributed by atoms with E-state index in [0.29, 0.717) is 18.1 Å². The van der Waals surface area contributed by atoms with Gasteiger partial charge in [0.05, 0.1) is 36.5 Å². The molecule has 4 rings (SSSR count). The van der Waals surface area contributed by atoms with Gasteiger partial charge < -0.3 is 20.2 Å². The third-order valence-corrected chi connectivity index (χ3v) is 5.93. The Morgan fingerprint density at radius 1 is 1.22 bits per heavy atom. The van der Waals surface area contributed by atoms with E-state index in [1.807, 2.05) is 44.2 Å². The molecule has 32 heavy (non-hydrogen) atoms. The van der Waals surface area contributed by atoms with E-state index in [9.17, 15) is 4.79 Å². The number of nitrogens with two attached hydrogens (primary N) is 1. The third-order valence-electron chi connectivity index (χ3n) is 5.93. The van der Waals surface area contributed by atoms with Crippen LogP contribution in [0.2, 0.25) is 0 Å². The molecule has 0 atom stereocenters. The van der Waals surface area contributed by atoms with Gasteiger partial charge in [0, 0.05) is 24.9 Å². The average molecular weight is 433 g/mol. The molecule has 1 saturated heterocycles. The minimum absolute atomic E-state index is 0.171. The lowest BCUT2D eigenvalue weighted by atomic mass is 9.88. The molecule has 0 radical (unpaired) electrons. The Balaban J connectivity index is 1.49. The molecule has 6 heteroatoms. The lowest BCUT2D eigenvalue weighted by Crippen LogP contribution is -2.86. The number of aromatic nitrogens is 1. The SMILES string of the molecule is C/C([NH2+]CC1(C)COC1)=C1\C=C(n2ccc(OCc3ccc(C)cc3)cc2=O)C=CC1=N. The van der Waals surface area contributed by atoms with Crippen LogP contribution in [-0.2, 0) is 11.3 Å². The highest BCUT2D eigenvalue weighted by Crippen LogP contribution is 2.24. The van der Waals surface area contributed by atoms with Crippen LogP contribution in [0.3, 0.4) is 0 Å². The van der Waals surface area contributed by atoms with Gasteiger partial charge in [0.2, 0.25) is 0 Å². The molecule has 1 aliphatic heterocycles. The first kappa shape index (κ1) is 22.0. The fourth-order valence-electron chi connectivity index (χ4n) is 3.70. The summed E-state index contributed by atoms with van der Waals surface area (Å²) < 4.78 is 12.7. The van der Waals surface area contributed by atoms with Crippen molar-refractivity contribution in [3.05, 3.63) is 93.6 Å². The molecule has 6 nitrogen and oxygen atoms in total. The molecule has 1 aliphatic carbocycles. The maximum absolute atomic E-state index is 12.8. The molecule has 1 aromatic heterocycles. The highest BCUT2D eigenvalue weighted by molar-refractivity contribution is 6.12. The van der Waals surface area contributed by atoms with E-state index in [1.165, 1.54) is 11.6 Å². The highest BCUT2D eigenvalue weighted by atomic mass is 16.5. The summed E-state index contributed by atoms with van der Waals surface area (Å²) in [7, 11) is 0. The summed E-state index contributed by atoms with van der Waals surface area (Å²) in [5.74, 6) is 0.538. The van der Waals surface area contributed by atoms with Crippen LogP contribution in [-0.4, -0.2) is 30.0 Å². The first-order valence-corrected chi connectivity index (χ1v) is 10.8. The first-order valence-electron chi connectivity index (χ1n) is 10.8. The zero-order valence-electron chi connectivity index (χ0n) is 18.9. The number of hydrogen-bond acceptors (Lipinski definition) is 4. The average Bonchev–Trinajstić information content (AvgIpc) is 2.76. The summed E-state index contributed by atoms with van der Waals surface area (Å²) in [6.07, 6.45) is 7.17. The van der Waals surface area contributed by atoms with E-state index in [0.717, 1.165) is 42.3 Å². The number of hydrogen-bond donors (Lipinski definition) is 2. The largest absolute Gasteiger partial charge is 0.489 e. The van der Waals surface area contributed by atoms with Crippen molar-refractivity contribution in [3.8, 4) is 5.75 Å². The first-order chi connectivity index (χ1) is 15.3. The standard InChI is InChI=1S/C26H29N3O3/c1-18-4-6-20(7-5-18)14-32-22-10-11-29(25(30)13-22)21-8-9-24(27)23(12-21)19(2)28-15-26(3)16-31-17-26/h4-13,27-28H,14-17H2,1-3H3/p+1/b23-19-,27-24?. The van der Waals surface area contributed by atoms with E-state index >= 15 is 0 Å². The molecule has 166 valence electrons. The van der Waals surface area contributed by atoms with Gasteiger partial charge in [-0.2, -0.15) is 0 Å². The van der Waals surface area contributed by atoms with E-state index in [4.69, 9.17) is 14.9 Å². The van der Waals surface area contributed by atoms with Crippen LogP contribution in [0.15, 0.2) is 76.9 Å². The van der Waals surface area contributed by atoms with Gasteiger partial charge in [0.15, 0.2) is 0 Å². The van der Waals surface area contributed by atoms with Crippen LogP contribution in [0.4, 0.5) is 0 Å². The zero-order chi connectivity index (χ0) is 22.7. The van der Waals surface area contributed by atoms with Gasteiger partial charge in [-0.15, -0.1) is 0 Å². The van der Waals surface area contributed by atoms with E-state index in [-0.39, 0.29) is 11.0 Å². The molecule has 0 spiro atoms. The van der Waals surface area contributed by atoms with Gasteiger partial charge in [-0.05, 0) is 43.7 Å². The van der Waals surface area contributed by atoms with Gasteiger partial charge in [-0.1, -0.05) is 29.8 Å². The Morgan fingerprint density at radius 3 is 2.62 bits per heavy atom. The zero-order valence-corrected chi connectivity index (χ0v) is 18.9. The van der Waals surface area contributed by atoms with Crippen LogP contribution in [0, 0.1) is 17.7 Å². The molecule has 1 aromatic carbocycles. The van der Waals surface area contributed by atoms with Crippen molar-refractivity contribution in [2.45, 2.75) is 27.4 Å². The summed E-state index contributed by atoms with van der Waals surface area (Å²) in [4.78, 5) is 12.8. The molecule has 2 aromatic rings. The number of allylic oxidation sites excluding steroid dienone is 6. The summed E-state index contributed by atoms with van der Waals surface area (Å²) >= 11 is 0. The molecule has 0 saturated carbocycles. The van der Waals surface area contributed by atoms with Crippen molar-refractivity contribution in [2.24, 2.45) is 5.41 Å². The number of pyridine rings is 1. The number of nitrogens with one attached hydrogen (secondary N) is 1. The monoisotopic (exact) mass is 432 g/mol. The Morgan fingerprint density at radius 2 is 1.97 bits per heavy atom. The quantitative estimate of drug-likeness (QED) is 0.706. The maximum atomic E-state index is 12.8. The second-order valence-corrected chi connectivity index (χ2v) is 8.97. The van der Waals surface area contributed by atoms with Crippen molar-refractivity contribution in [2.75, 3.05) is 19.8 Å². The maximum Gasteiger partial charge on any atom is 0.258 e. The van der Waals surface area contributed by atoms with E-state index < -0.39 is 0 Å². The van der Waals surface area contributed by atoms with Crippen molar-refractivity contribution in [1.82, 2.24) is 4.57 Å². The molecule has 3 N–H and O–H groups in total. The highest BCUT2D eigenvalue weighted by Gasteiger charge is 2.35. The summed E-state index contributed by atoms with van der Waals surface area (Å²) in [6, 6.07) is 11.4. The second-order valence-electron chi connectivity index (χ2n) is 8.97. The van der Waals surface area contributed by atoms with Crippen LogP contribution in [0.1, 0.15) is 25.0 Å². The molecule has 2 heterocycles. The molecule has 0 bridgehead atoms. The summed E-state index contributed by atoms with van der Waals surface area (Å²) in [5.41, 5.74) is 5.32. The molecule has 2 aliphatic rings. The lowest BCUT2D eigenvalue weighted by molar-refractivity contribution is -0.624. The lowest BCUT2D eigenvalue weighted by Gasteiger charge is -2.36. The van der Waals surface area contributed by atoms with Crippen LogP contribution < -0.4 is 15.6 Å². The number of nitrogens with zero attached hydrogens (tertiary/aromatic N) is 1. The van der Waals surface area contributed by atoms with Crippen molar-refractivity contribution in [1.29, 1.82) is 5.41 Å².